The summed E-state index contributed by atoms with van der Waals surface area (Å²) in [6, 6.07) is 0. The van der Waals surface area contributed by atoms with Crippen molar-refractivity contribution in [3.05, 3.63) is 11.1 Å². The Kier molecular flexibility index (Phi) is 7.54. The highest BCUT2D eigenvalue weighted by Gasteiger charge is 1.99. The molecule has 0 unspecified atom stereocenters. The molecule has 1 aromatic rings. The summed E-state index contributed by atoms with van der Waals surface area (Å²) < 4.78 is 0. The fourth-order valence-corrected chi connectivity index (χ4v) is 2.45. The van der Waals surface area contributed by atoms with E-state index >= 15 is 0 Å². The third-order valence-electron chi connectivity index (χ3n) is 1.62. The third-order valence-corrected chi connectivity index (χ3v) is 3.39. The predicted molar refractivity (Wildman–Crippen MR) is 75.9 cm³/mol. The summed E-state index contributed by atoms with van der Waals surface area (Å²) in [4.78, 5) is 12.3. The normalized spacial score (nSPS) is 10.9. The number of thiazole rings is 1. The predicted octanol–water partition coefficient (Wildman–Crippen LogP) is 0.598. The minimum Gasteiger partial charge on any atom is -0.315 e. The number of nitrogens with one attached hydrogen (secondary N) is 2. The maximum atomic E-state index is 8.19. The summed E-state index contributed by atoms with van der Waals surface area (Å²) in [5.74, 6) is 6.77. The van der Waals surface area contributed by atoms with E-state index in [-0.39, 0.29) is 0 Å². The molecule has 0 bridgehead atoms. The van der Waals surface area contributed by atoms with Crippen molar-refractivity contribution in [1.29, 1.82) is 5.26 Å². The van der Waals surface area contributed by atoms with Gasteiger partial charge in [-0.25, -0.2) is 15.8 Å². The highest BCUT2D eigenvalue weighted by atomic mass is 32.2. The van der Waals surface area contributed by atoms with Gasteiger partial charge in [0.15, 0.2) is 6.19 Å². The lowest BCUT2D eigenvalue weighted by Gasteiger charge is -1.95. The van der Waals surface area contributed by atoms with Gasteiger partial charge in [0.2, 0.25) is 5.13 Å². The average Bonchev–Trinajstić information content (AvgIpc) is 2.83. The first-order valence-electron chi connectivity index (χ1n) is 5.00. The van der Waals surface area contributed by atoms with E-state index in [1.165, 1.54) is 24.0 Å². The minimum absolute atomic E-state index is 0.672. The number of hydrazine groups is 1. The molecule has 0 spiro atoms. The van der Waals surface area contributed by atoms with Gasteiger partial charge in [-0.1, -0.05) is 0 Å². The molecule has 0 fully saturated rings. The molecule has 0 aliphatic heterocycles. The second-order valence-electron chi connectivity index (χ2n) is 2.89. The summed E-state index contributed by atoms with van der Waals surface area (Å²) in [7, 11) is 0. The van der Waals surface area contributed by atoms with Crippen molar-refractivity contribution in [1.82, 2.24) is 15.7 Å². The van der Waals surface area contributed by atoms with Gasteiger partial charge in [-0.2, -0.15) is 17.0 Å². The van der Waals surface area contributed by atoms with Crippen LogP contribution in [0.5, 0.6) is 0 Å². The van der Waals surface area contributed by atoms with Crippen molar-refractivity contribution in [3.8, 4) is 6.19 Å². The number of nitrogens with zero attached hydrogens (tertiary/aromatic N) is 4. The smallest absolute Gasteiger partial charge is 0.210 e. The summed E-state index contributed by atoms with van der Waals surface area (Å²) in [6.45, 7) is 0.672. The Bertz CT molecular complexity index is 434. The van der Waals surface area contributed by atoms with Crippen molar-refractivity contribution in [2.45, 2.75) is 5.75 Å². The molecular formula is C9H13N7S2. The molecule has 7 nitrogen and oxygen atoms in total. The minimum atomic E-state index is 0.672. The van der Waals surface area contributed by atoms with E-state index in [1.54, 1.807) is 18.0 Å². The van der Waals surface area contributed by atoms with Crippen LogP contribution in [0.15, 0.2) is 15.4 Å². The molecule has 18 heavy (non-hydrogen) atoms. The van der Waals surface area contributed by atoms with Crippen LogP contribution in [-0.4, -0.2) is 30.0 Å². The first-order valence-corrected chi connectivity index (χ1v) is 7.04. The highest BCUT2D eigenvalue weighted by Crippen LogP contribution is 2.21. The van der Waals surface area contributed by atoms with E-state index in [1.807, 2.05) is 5.38 Å². The maximum absolute atomic E-state index is 8.19. The molecule has 0 aliphatic carbocycles. The number of aromatic nitrogens is 1. The Morgan fingerprint density at radius 2 is 2.50 bits per heavy atom. The Hall–Kier alpha value is -1.63. The quantitative estimate of drug-likeness (QED) is 0.122. The lowest BCUT2D eigenvalue weighted by Crippen LogP contribution is -2.18. The van der Waals surface area contributed by atoms with Crippen molar-refractivity contribution in [2.24, 2.45) is 15.8 Å². The van der Waals surface area contributed by atoms with Crippen molar-refractivity contribution >= 4 is 40.9 Å². The molecule has 0 saturated heterocycles. The largest absolute Gasteiger partial charge is 0.315 e. The lowest BCUT2D eigenvalue weighted by atomic mass is 10.6. The number of aliphatic imine (C=N–C) groups is 2. The van der Waals surface area contributed by atoms with Crippen molar-refractivity contribution in [3.63, 3.8) is 0 Å². The Labute approximate surface area is 113 Å². The Morgan fingerprint density at radius 1 is 1.61 bits per heavy atom. The van der Waals surface area contributed by atoms with Crippen LogP contribution in [0.3, 0.4) is 0 Å². The van der Waals surface area contributed by atoms with Gasteiger partial charge in [-0.05, 0) is 0 Å². The van der Waals surface area contributed by atoms with Gasteiger partial charge in [-0.3, -0.25) is 10.3 Å². The van der Waals surface area contributed by atoms with E-state index in [2.05, 4.69) is 25.7 Å². The first kappa shape index (κ1) is 14.4. The molecule has 4 N–H and O–H groups in total. The van der Waals surface area contributed by atoms with Gasteiger partial charge in [0.25, 0.3) is 0 Å². The Balaban J connectivity index is 2.18. The molecule has 0 radical (unpaired) electrons. The molecule has 0 atom stereocenters. The first-order chi connectivity index (χ1) is 8.86. The van der Waals surface area contributed by atoms with Crippen LogP contribution < -0.4 is 16.6 Å². The van der Waals surface area contributed by atoms with Crippen LogP contribution in [-0.2, 0) is 5.75 Å². The number of thioether (sulfide) groups is 1. The molecule has 0 saturated carbocycles. The van der Waals surface area contributed by atoms with Crippen LogP contribution in [0, 0.1) is 11.5 Å². The maximum Gasteiger partial charge on any atom is 0.210 e. The van der Waals surface area contributed by atoms with Gasteiger partial charge in [0.1, 0.15) is 6.34 Å². The number of hydrogen-bond acceptors (Lipinski definition) is 7. The summed E-state index contributed by atoms with van der Waals surface area (Å²) in [5, 5.41) is 13.2. The van der Waals surface area contributed by atoms with Gasteiger partial charge >= 0.3 is 0 Å². The topological polar surface area (TPSA) is 111 Å². The number of nitriles is 1. The number of nitrogens with two attached hydrogens (primary N) is 1. The summed E-state index contributed by atoms with van der Waals surface area (Å²) in [5.41, 5.74) is 3.32. The fourth-order valence-electron chi connectivity index (χ4n) is 0.947. The molecule has 0 aromatic carbocycles. The SMILES string of the molecule is N#CNC=NCCSCc1csc(N=CNN)n1. The summed E-state index contributed by atoms with van der Waals surface area (Å²) in [6.07, 6.45) is 4.56. The van der Waals surface area contributed by atoms with Crippen LogP contribution in [0.4, 0.5) is 5.13 Å². The van der Waals surface area contributed by atoms with Crippen LogP contribution in [0.1, 0.15) is 5.69 Å². The molecule has 1 aromatic heterocycles. The number of hydrogen-bond donors (Lipinski definition) is 3. The van der Waals surface area contributed by atoms with Gasteiger partial charge in [0.05, 0.1) is 12.0 Å². The molecule has 1 heterocycles. The molecule has 0 amide bonds. The van der Waals surface area contributed by atoms with E-state index in [0.29, 0.717) is 11.7 Å². The summed E-state index contributed by atoms with van der Waals surface area (Å²) >= 11 is 3.20. The lowest BCUT2D eigenvalue weighted by molar-refractivity contribution is 1.05. The van der Waals surface area contributed by atoms with Crippen molar-refractivity contribution < 1.29 is 0 Å². The van der Waals surface area contributed by atoms with Gasteiger partial charge in [-0.15, -0.1) is 11.3 Å². The standard InChI is InChI=1S/C9H13N7S2/c10-5-13-6-12-1-2-17-3-8-4-18-9(16-8)14-7-15-11/h4,6-7H,1-3,11H2,(H,12,13)(H,14,15,16). The monoisotopic (exact) mass is 283 g/mol. The van der Waals surface area contributed by atoms with Crippen LogP contribution in [0.25, 0.3) is 0 Å². The van der Waals surface area contributed by atoms with Crippen molar-refractivity contribution in [2.75, 3.05) is 12.3 Å². The van der Waals surface area contributed by atoms with E-state index < -0.39 is 0 Å². The second-order valence-corrected chi connectivity index (χ2v) is 4.83. The molecule has 1 rings (SSSR count). The van der Waals surface area contributed by atoms with Gasteiger partial charge in [0, 0.05) is 23.4 Å². The second kappa shape index (κ2) is 9.41. The highest BCUT2D eigenvalue weighted by molar-refractivity contribution is 7.98. The molecule has 96 valence electrons. The third kappa shape index (κ3) is 6.19. The Morgan fingerprint density at radius 3 is 3.28 bits per heavy atom. The van der Waals surface area contributed by atoms with E-state index in [4.69, 9.17) is 11.1 Å². The van der Waals surface area contributed by atoms with E-state index in [9.17, 15) is 0 Å². The van der Waals surface area contributed by atoms with Crippen LogP contribution >= 0.6 is 23.1 Å². The zero-order valence-electron chi connectivity index (χ0n) is 9.54. The van der Waals surface area contributed by atoms with Crippen LogP contribution in [0.2, 0.25) is 0 Å². The molecule has 9 heteroatoms. The van der Waals surface area contributed by atoms with E-state index in [0.717, 1.165) is 17.2 Å². The average molecular weight is 283 g/mol. The number of rotatable bonds is 8. The zero-order valence-corrected chi connectivity index (χ0v) is 11.2. The zero-order chi connectivity index (χ0) is 13.1. The van der Waals surface area contributed by atoms with Gasteiger partial charge < -0.3 is 5.43 Å². The molecular weight excluding hydrogens is 270 g/mol. The molecule has 0 aliphatic rings. The fraction of sp³-hybridized carbons (Fsp3) is 0.333.